The monoisotopic (exact) mass is 384 g/mol. The van der Waals surface area contributed by atoms with Crippen molar-refractivity contribution in [2.24, 2.45) is 0 Å². The molecule has 148 valence electrons. The number of benzene rings is 2. The molecule has 0 bridgehead atoms. The molecule has 2 aromatic carbocycles. The van der Waals surface area contributed by atoms with Crippen LogP contribution < -0.4 is 10.1 Å². The molecule has 28 heavy (non-hydrogen) atoms. The normalized spacial score (nSPS) is 10.2. The molecule has 0 aliphatic heterocycles. The molecule has 0 radical (unpaired) electrons. The van der Waals surface area contributed by atoms with E-state index in [0.717, 1.165) is 11.1 Å². The second kappa shape index (κ2) is 10.1. The first-order valence-corrected chi connectivity index (χ1v) is 8.89. The van der Waals surface area contributed by atoms with Crippen LogP contribution in [0.1, 0.15) is 18.1 Å². The number of nitrogens with one attached hydrogen (secondary N) is 1. The predicted octanol–water partition coefficient (Wildman–Crippen LogP) is 2.49. The van der Waals surface area contributed by atoms with Crippen molar-refractivity contribution in [1.82, 2.24) is 4.90 Å². The lowest BCUT2D eigenvalue weighted by Gasteiger charge is -2.21. The number of hydrogen-bond acceptors (Lipinski definition) is 4. The van der Waals surface area contributed by atoms with Gasteiger partial charge in [-0.15, -0.1) is 0 Å². The number of anilines is 1. The number of rotatable bonds is 9. The van der Waals surface area contributed by atoms with E-state index in [2.05, 4.69) is 5.32 Å². The van der Waals surface area contributed by atoms with Crippen LogP contribution in [-0.4, -0.2) is 47.5 Å². The first-order chi connectivity index (χ1) is 13.3. The largest absolute Gasteiger partial charge is 0.482 e. The third-order valence-electron chi connectivity index (χ3n) is 4.13. The summed E-state index contributed by atoms with van der Waals surface area (Å²) < 4.78 is 5.11. The molecule has 0 aromatic heterocycles. The van der Waals surface area contributed by atoms with Crippen molar-refractivity contribution in [1.29, 1.82) is 0 Å². The molecule has 0 saturated carbocycles. The Hall–Kier alpha value is -3.35. The molecular weight excluding hydrogens is 360 g/mol. The van der Waals surface area contributed by atoms with Crippen molar-refractivity contribution in [3.05, 3.63) is 59.7 Å². The lowest BCUT2D eigenvalue weighted by Crippen LogP contribution is -2.38. The Bertz CT molecular complexity index is 836. The number of nitrogens with zero attached hydrogens (tertiary/aromatic N) is 1. The third kappa shape index (κ3) is 6.75. The van der Waals surface area contributed by atoms with Crippen LogP contribution in [0.4, 0.5) is 5.69 Å². The lowest BCUT2D eigenvalue weighted by molar-refractivity contribution is -0.139. The smallest absolute Gasteiger partial charge is 0.341 e. The Kier molecular flexibility index (Phi) is 7.56. The summed E-state index contributed by atoms with van der Waals surface area (Å²) in [7, 11) is 0. The Morgan fingerprint density at radius 1 is 1.11 bits per heavy atom. The zero-order chi connectivity index (χ0) is 20.5. The molecule has 0 saturated heterocycles. The number of aryl methyl sites for hydroxylation is 1. The summed E-state index contributed by atoms with van der Waals surface area (Å²) in [6.07, 6.45) is 0.669. The van der Waals surface area contributed by atoms with E-state index in [1.807, 2.05) is 30.3 Å². The van der Waals surface area contributed by atoms with E-state index in [9.17, 15) is 14.4 Å². The van der Waals surface area contributed by atoms with Gasteiger partial charge < -0.3 is 20.1 Å². The van der Waals surface area contributed by atoms with Crippen LogP contribution in [0.5, 0.6) is 5.75 Å². The first kappa shape index (κ1) is 21.0. The number of carboxylic acids is 1. The second-order valence-electron chi connectivity index (χ2n) is 6.38. The summed E-state index contributed by atoms with van der Waals surface area (Å²) in [4.78, 5) is 36.3. The summed E-state index contributed by atoms with van der Waals surface area (Å²) in [6, 6.07) is 14.7. The van der Waals surface area contributed by atoms with Gasteiger partial charge in [-0.05, 0) is 42.7 Å². The predicted molar refractivity (Wildman–Crippen MR) is 105 cm³/mol. The molecule has 0 spiro atoms. The van der Waals surface area contributed by atoms with Crippen LogP contribution in [0.15, 0.2) is 48.5 Å². The van der Waals surface area contributed by atoms with Crippen LogP contribution in [0.2, 0.25) is 0 Å². The maximum atomic E-state index is 12.4. The minimum Gasteiger partial charge on any atom is -0.482 e. The van der Waals surface area contributed by atoms with Gasteiger partial charge >= 0.3 is 5.97 Å². The van der Waals surface area contributed by atoms with Crippen molar-refractivity contribution in [3.8, 4) is 5.75 Å². The number of amides is 2. The summed E-state index contributed by atoms with van der Waals surface area (Å²) >= 11 is 0. The molecule has 0 unspecified atom stereocenters. The van der Waals surface area contributed by atoms with Crippen molar-refractivity contribution in [3.63, 3.8) is 0 Å². The molecule has 2 N–H and O–H groups in total. The molecule has 0 atom stereocenters. The van der Waals surface area contributed by atoms with Crippen LogP contribution in [0, 0.1) is 6.92 Å². The Balaban J connectivity index is 1.93. The Labute approximate surface area is 163 Å². The molecular formula is C21H24N2O5. The number of carbonyl (C=O) groups is 3. The van der Waals surface area contributed by atoms with Crippen LogP contribution in [0.3, 0.4) is 0 Å². The average molecular weight is 384 g/mol. The van der Waals surface area contributed by atoms with E-state index >= 15 is 0 Å². The summed E-state index contributed by atoms with van der Waals surface area (Å²) in [5.41, 5.74) is 2.41. The van der Waals surface area contributed by atoms with Crippen LogP contribution in [-0.2, 0) is 20.8 Å². The number of ether oxygens (including phenoxy) is 1. The van der Waals surface area contributed by atoms with Gasteiger partial charge in [0, 0.05) is 19.2 Å². The highest BCUT2D eigenvalue weighted by molar-refractivity contribution is 5.95. The molecule has 2 amide bonds. The van der Waals surface area contributed by atoms with Crippen molar-refractivity contribution in [2.75, 3.05) is 25.0 Å². The third-order valence-corrected chi connectivity index (χ3v) is 4.13. The fourth-order valence-electron chi connectivity index (χ4n) is 2.63. The van der Waals surface area contributed by atoms with Crippen LogP contribution in [0.25, 0.3) is 0 Å². The van der Waals surface area contributed by atoms with Gasteiger partial charge in [-0.3, -0.25) is 9.59 Å². The van der Waals surface area contributed by atoms with Gasteiger partial charge in [0.1, 0.15) is 5.75 Å². The first-order valence-electron chi connectivity index (χ1n) is 8.89. The zero-order valence-electron chi connectivity index (χ0n) is 16.0. The quantitative estimate of drug-likeness (QED) is 0.692. The summed E-state index contributed by atoms with van der Waals surface area (Å²) in [5.74, 6) is -1.12. The maximum Gasteiger partial charge on any atom is 0.341 e. The molecule has 0 aliphatic rings. The molecule has 0 heterocycles. The van der Waals surface area contributed by atoms with Gasteiger partial charge in [-0.2, -0.15) is 0 Å². The SMILES string of the molecule is CC(=O)N(CCc1ccccc1)CC(=O)Nc1ccc(OCC(=O)O)cc1C. The fraction of sp³-hybridized carbons (Fsp3) is 0.286. The van der Waals surface area contributed by atoms with E-state index in [1.165, 1.54) is 11.8 Å². The van der Waals surface area contributed by atoms with E-state index in [-0.39, 0.29) is 18.4 Å². The molecule has 0 aliphatic carbocycles. The minimum absolute atomic E-state index is 0.0428. The Morgan fingerprint density at radius 2 is 1.82 bits per heavy atom. The summed E-state index contributed by atoms with van der Waals surface area (Å²) in [5, 5.41) is 11.4. The molecule has 2 rings (SSSR count). The van der Waals surface area contributed by atoms with Gasteiger partial charge in [-0.1, -0.05) is 30.3 Å². The number of carboxylic acid groups (broad SMARTS) is 1. The minimum atomic E-state index is -1.06. The zero-order valence-corrected chi connectivity index (χ0v) is 16.0. The van der Waals surface area contributed by atoms with Crippen molar-refractivity contribution in [2.45, 2.75) is 20.3 Å². The van der Waals surface area contributed by atoms with E-state index in [0.29, 0.717) is 24.4 Å². The topological polar surface area (TPSA) is 95.9 Å². The van der Waals surface area contributed by atoms with Gasteiger partial charge in [0.25, 0.3) is 0 Å². The van der Waals surface area contributed by atoms with E-state index < -0.39 is 12.6 Å². The highest BCUT2D eigenvalue weighted by Gasteiger charge is 2.14. The fourth-order valence-corrected chi connectivity index (χ4v) is 2.63. The highest BCUT2D eigenvalue weighted by Crippen LogP contribution is 2.21. The highest BCUT2D eigenvalue weighted by atomic mass is 16.5. The van der Waals surface area contributed by atoms with Crippen molar-refractivity contribution < 1.29 is 24.2 Å². The lowest BCUT2D eigenvalue weighted by atomic mass is 10.1. The summed E-state index contributed by atoms with van der Waals surface area (Å²) in [6.45, 7) is 3.20. The number of carbonyl (C=O) groups excluding carboxylic acids is 2. The molecule has 7 heteroatoms. The number of aliphatic carboxylic acids is 1. The van der Waals surface area contributed by atoms with Gasteiger partial charge in [0.15, 0.2) is 6.61 Å². The molecule has 2 aromatic rings. The van der Waals surface area contributed by atoms with Crippen LogP contribution >= 0.6 is 0 Å². The molecule has 7 nitrogen and oxygen atoms in total. The number of hydrogen-bond donors (Lipinski definition) is 2. The van der Waals surface area contributed by atoms with Gasteiger partial charge in [0.2, 0.25) is 11.8 Å². The maximum absolute atomic E-state index is 12.4. The van der Waals surface area contributed by atoms with Gasteiger partial charge in [0.05, 0.1) is 6.54 Å². The second-order valence-corrected chi connectivity index (χ2v) is 6.38. The Morgan fingerprint density at radius 3 is 2.43 bits per heavy atom. The van der Waals surface area contributed by atoms with Gasteiger partial charge in [-0.25, -0.2) is 4.79 Å². The van der Waals surface area contributed by atoms with E-state index in [1.54, 1.807) is 25.1 Å². The average Bonchev–Trinajstić information content (AvgIpc) is 2.66. The van der Waals surface area contributed by atoms with Crippen molar-refractivity contribution >= 4 is 23.5 Å². The van der Waals surface area contributed by atoms with E-state index in [4.69, 9.17) is 9.84 Å². The molecule has 0 fully saturated rings. The standard InChI is InChI=1S/C21H24N2O5/c1-15-12-18(28-14-21(26)27)8-9-19(15)22-20(25)13-23(16(2)24)11-10-17-6-4-3-5-7-17/h3-9,12H,10-11,13-14H2,1-2H3,(H,22,25)(H,26,27).